The summed E-state index contributed by atoms with van der Waals surface area (Å²) in [5.74, 6) is 1.12. The Morgan fingerprint density at radius 2 is 1.73 bits per heavy atom. The van der Waals surface area contributed by atoms with E-state index in [9.17, 15) is 9.59 Å². The molecule has 0 bridgehead atoms. The van der Waals surface area contributed by atoms with Gasteiger partial charge in [0.25, 0.3) is 5.91 Å². The number of urea groups is 1. The van der Waals surface area contributed by atoms with Crippen LogP contribution < -0.4 is 10.6 Å². The number of benzene rings is 2. The molecular weight excluding hydrogens is 526 g/mol. The number of piperazine rings is 1. The molecule has 3 amide bonds. The van der Waals surface area contributed by atoms with E-state index in [2.05, 4.69) is 27.7 Å². The van der Waals surface area contributed by atoms with Crippen molar-refractivity contribution in [2.24, 2.45) is 0 Å². The monoisotopic (exact) mass is 557 g/mol. The molecule has 10 nitrogen and oxygen atoms in total. The highest BCUT2D eigenvalue weighted by molar-refractivity contribution is 7.23. The van der Waals surface area contributed by atoms with E-state index >= 15 is 0 Å². The fourth-order valence-corrected chi connectivity index (χ4v) is 5.64. The molecule has 0 saturated carbocycles. The summed E-state index contributed by atoms with van der Waals surface area (Å²) in [6.07, 6.45) is 1.99. The third-order valence-corrected chi connectivity index (χ3v) is 8.10. The Morgan fingerprint density at radius 3 is 2.42 bits per heavy atom. The molecule has 0 atom stereocenters. The van der Waals surface area contributed by atoms with Crippen LogP contribution in [0.5, 0.6) is 0 Å². The Kier molecular flexibility index (Phi) is 6.55. The Balaban J connectivity index is 1.16. The van der Waals surface area contributed by atoms with Crippen LogP contribution in [0.15, 0.2) is 59.3 Å². The largest absolute Gasteiger partial charge is 0.359 e. The van der Waals surface area contributed by atoms with E-state index in [1.807, 2.05) is 78.7 Å². The van der Waals surface area contributed by atoms with Crippen LogP contribution in [0, 0.1) is 0 Å². The van der Waals surface area contributed by atoms with Crippen LogP contribution in [0.3, 0.4) is 0 Å². The van der Waals surface area contributed by atoms with E-state index < -0.39 is 6.03 Å². The first-order chi connectivity index (χ1) is 19.1. The molecular formula is C29H31N7O3S. The van der Waals surface area contributed by atoms with Crippen molar-refractivity contribution in [2.45, 2.75) is 26.2 Å². The minimum Gasteiger partial charge on any atom is -0.359 e. The summed E-state index contributed by atoms with van der Waals surface area (Å²) in [6.45, 7) is 9.30. The molecule has 1 aliphatic rings. The third kappa shape index (κ3) is 5.17. The number of likely N-dealkylation sites (N-methyl/N-ethyl adjacent to an activating group) is 1. The molecule has 4 heterocycles. The quantitative estimate of drug-likeness (QED) is 0.301. The van der Waals surface area contributed by atoms with Gasteiger partial charge in [0.05, 0.1) is 15.9 Å². The lowest BCUT2D eigenvalue weighted by atomic mass is 9.93. The van der Waals surface area contributed by atoms with Gasteiger partial charge in [0, 0.05) is 60.7 Å². The maximum atomic E-state index is 13.1. The van der Waals surface area contributed by atoms with Gasteiger partial charge in [-0.05, 0) is 37.4 Å². The lowest BCUT2D eigenvalue weighted by molar-refractivity contribution is 0.0664. The third-order valence-electron chi connectivity index (χ3n) is 7.06. The van der Waals surface area contributed by atoms with Gasteiger partial charge in [-0.15, -0.1) is 0 Å². The Morgan fingerprint density at radius 1 is 0.975 bits per heavy atom. The molecule has 206 valence electrons. The number of aromatic nitrogens is 3. The lowest BCUT2D eigenvalue weighted by Gasteiger charge is -2.32. The number of imidazole rings is 1. The topological polar surface area (TPSA) is 108 Å². The Bertz CT molecular complexity index is 1700. The van der Waals surface area contributed by atoms with Crippen molar-refractivity contribution >= 4 is 50.0 Å². The molecule has 1 aliphatic heterocycles. The van der Waals surface area contributed by atoms with Crippen LogP contribution in [-0.4, -0.2) is 69.5 Å². The maximum absolute atomic E-state index is 13.1. The fourth-order valence-electron chi connectivity index (χ4n) is 4.65. The fraction of sp³-hybridized carbons (Fsp3) is 0.310. The van der Waals surface area contributed by atoms with Gasteiger partial charge in [0.2, 0.25) is 0 Å². The van der Waals surface area contributed by atoms with Crippen molar-refractivity contribution in [1.82, 2.24) is 24.3 Å². The number of thiazole rings is 1. The molecule has 1 saturated heterocycles. The van der Waals surface area contributed by atoms with Crippen LogP contribution in [0.4, 0.5) is 16.3 Å². The van der Waals surface area contributed by atoms with E-state index in [0.29, 0.717) is 22.8 Å². The Hall–Kier alpha value is -4.22. The van der Waals surface area contributed by atoms with E-state index in [1.54, 1.807) is 17.4 Å². The zero-order valence-electron chi connectivity index (χ0n) is 22.9. The number of hydrogen-bond acceptors (Lipinski definition) is 7. The van der Waals surface area contributed by atoms with Gasteiger partial charge in [0.1, 0.15) is 5.76 Å². The summed E-state index contributed by atoms with van der Waals surface area (Å²) in [5, 5.41) is 9.43. The van der Waals surface area contributed by atoms with Gasteiger partial charge < -0.3 is 19.6 Å². The molecule has 0 spiro atoms. The van der Waals surface area contributed by atoms with Crippen molar-refractivity contribution in [3.05, 3.63) is 66.1 Å². The lowest BCUT2D eigenvalue weighted by Crippen LogP contribution is -2.47. The molecule has 40 heavy (non-hydrogen) atoms. The number of hydrogen-bond donors (Lipinski definition) is 2. The first-order valence-corrected chi connectivity index (χ1v) is 14.0. The zero-order valence-corrected chi connectivity index (χ0v) is 23.7. The van der Waals surface area contributed by atoms with Gasteiger partial charge in [-0.1, -0.05) is 49.4 Å². The number of amides is 3. The number of nitrogens with zero attached hydrogens (tertiary/aromatic N) is 5. The molecule has 0 aliphatic carbocycles. The SMILES string of the molecule is CN1CCN(C(=O)c2ccc3sc4nc(-c5ccc(NC(=O)Nc6cc(C(C)(C)C)on6)cc5)cn4c3c2)CC1. The minimum atomic E-state index is -0.405. The second-order valence-electron chi connectivity index (χ2n) is 11.1. The van der Waals surface area contributed by atoms with Crippen molar-refractivity contribution in [1.29, 1.82) is 0 Å². The number of carbonyl (C=O) groups is 2. The number of nitrogens with one attached hydrogen (secondary N) is 2. The van der Waals surface area contributed by atoms with Gasteiger partial charge >= 0.3 is 6.03 Å². The van der Waals surface area contributed by atoms with Crippen molar-refractivity contribution in [3.63, 3.8) is 0 Å². The van der Waals surface area contributed by atoms with E-state index in [0.717, 1.165) is 52.6 Å². The Labute approximate surface area is 235 Å². The average Bonchev–Trinajstić information content (AvgIpc) is 3.64. The molecule has 0 radical (unpaired) electrons. The summed E-state index contributed by atoms with van der Waals surface area (Å²) in [4.78, 5) is 35.4. The molecule has 1 fully saturated rings. The summed E-state index contributed by atoms with van der Waals surface area (Å²) in [6, 6.07) is 14.7. The van der Waals surface area contributed by atoms with Crippen LogP contribution >= 0.6 is 11.3 Å². The van der Waals surface area contributed by atoms with Crippen LogP contribution in [0.2, 0.25) is 0 Å². The smallest absolute Gasteiger partial charge is 0.324 e. The predicted octanol–water partition coefficient (Wildman–Crippen LogP) is 5.53. The molecule has 2 N–H and O–H groups in total. The molecule has 5 aromatic rings. The van der Waals surface area contributed by atoms with Crippen molar-refractivity contribution in [2.75, 3.05) is 43.9 Å². The van der Waals surface area contributed by atoms with Gasteiger partial charge in [-0.3, -0.25) is 14.5 Å². The highest BCUT2D eigenvalue weighted by Gasteiger charge is 2.22. The van der Waals surface area contributed by atoms with Crippen LogP contribution in [-0.2, 0) is 5.41 Å². The first-order valence-electron chi connectivity index (χ1n) is 13.2. The summed E-state index contributed by atoms with van der Waals surface area (Å²) in [7, 11) is 2.08. The number of fused-ring (bicyclic) bond motifs is 3. The zero-order chi connectivity index (χ0) is 28.0. The normalized spacial score (nSPS) is 14.7. The van der Waals surface area contributed by atoms with Crippen LogP contribution in [0.1, 0.15) is 36.9 Å². The summed E-state index contributed by atoms with van der Waals surface area (Å²) < 4.78 is 8.44. The molecule has 11 heteroatoms. The van der Waals surface area contributed by atoms with Gasteiger partial charge in [0.15, 0.2) is 10.8 Å². The van der Waals surface area contributed by atoms with Gasteiger partial charge in [-0.2, -0.15) is 0 Å². The average molecular weight is 558 g/mol. The summed E-state index contributed by atoms with van der Waals surface area (Å²) >= 11 is 1.59. The molecule has 2 aromatic carbocycles. The maximum Gasteiger partial charge on any atom is 0.324 e. The highest BCUT2D eigenvalue weighted by atomic mass is 32.1. The van der Waals surface area contributed by atoms with Crippen molar-refractivity contribution in [3.8, 4) is 11.3 Å². The minimum absolute atomic E-state index is 0.0695. The number of rotatable bonds is 4. The van der Waals surface area contributed by atoms with E-state index in [4.69, 9.17) is 9.51 Å². The standard InChI is InChI=1S/C29H31N7O3S/c1-29(2,3)24-16-25(33-39-24)32-27(38)30-20-8-5-18(6-9-20)21-17-36-22-15-19(7-10-23(22)40-28(36)31-21)26(37)35-13-11-34(4)12-14-35/h5-10,15-17H,11-14H2,1-4H3,(H2,30,32,33,38). The highest BCUT2D eigenvalue weighted by Crippen LogP contribution is 2.31. The second-order valence-corrected chi connectivity index (χ2v) is 12.2. The second kappa shape index (κ2) is 10.1. The van der Waals surface area contributed by atoms with E-state index in [-0.39, 0.29) is 11.3 Å². The van der Waals surface area contributed by atoms with Crippen molar-refractivity contribution < 1.29 is 14.1 Å². The van der Waals surface area contributed by atoms with Crippen LogP contribution in [0.25, 0.3) is 26.4 Å². The molecule has 0 unspecified atom stereocenters. The summed E-state index contributed by atoms with van der Waals surface area (Å²) in [5.41, 5.74) is 3.84. The van der Waals surface area contributed by atoms with E-state index in [1.165, 1.54) is 0 Å². The predicted molar refractivity (Wildman–Crippen MR) is 157 cm³/mol. The number of carbonyl (C=O) groups excluding carboxylic acids is 2. The number of anilines is 2. The molecule has 6 rings (SSSR count). The molecule has 3 aromatic heterocycles. The first kappa shape index (κ1) is 26.0. The van der Waals surface area contributed by atoms with Gasteiger partial charge in [-0.25, -0.2) is 9.78 Å².